The molecule has 0 aliphatic carbocycles. The van der Waals surface area contributed by atoms with Crippen molar-refractivity contribution < 1.29 is 14.3 Å². The minimum atomic E-state index is -0.701. The van der Waals surface area contributed by atoms with Crippen LogP contribution in [0.25, 0.3) is 0 Å². The van der Waals surface area contributed by atoms with E-state index in [-0.39, 0.29) is 18.3 Å². The molecule has 0 saturated heterocycles. The molecule has 1 amide bonds. The number of hydrogen-bond donors (Lipinski definition) is 2. The Morgan fingerprint density at radius 3 is 2.43 bits per heavy atom. The van der Waals surface area contributed by atoms with E-state index in [0.29, 0.717) is 38.9 Å². The maximum absolute atomic E-state index is 13.1. The smallest absolute Gasteiger partial charge is 0.336 e. The molecular formula is C29H32ClN3O3S. The molecule has 1 atom stereocenters. The minimum absolute atomic E-state index is 0.0870. The van der Waals surface area contributed by atoms with Crippen LogP contribution in [-0.4, -0.2) is 24.2 Å². The van der Waals surface area contributed by atoms with Crippen molar-refractivity contribution in [3.63, 3.8) is 0 Å². The summed E-state index contributed by atoms with van der Waals surface area (Å²) in [7, 11) is 0. The van der Waals surface area contributed by atoms with Crippen LogP contribution >= 0.6 is 23.4 Å². The highest BCUT2D eigenvalue weighted by molar-refractivity contribution is 8.03. The Morgan fingerprint density at radius 2 is 1.84 bits per heavy atom. The largest absolute Gasteiger partial charge is 0.463 e. The van der Waals surface area contributed by atoms with E-state index in [1.165, 1.54) is 11.8 Å². The second-order valence-corrected chi connectivity index (χ2v) is 10.3. The molecule has 194 valence electrons. The molecule has 2 aromatic carbocycles. The highest BCUT2D eigenvalue weighted by atomic mass is 35.5. The number of hydrogen-bond acceptors (Lipinski definition) is 6. The number of nitrogens with zero attached hydrogens (tertiary/aromatic N) is 1. The van der Waals surface area contributed by atoms with Crippen LogP contribution in [0.4, 0.5) is 5.69 Å². The van der Waals surface area contributed by atoms with E-state index in [4.69, 9.17) is 16.3 Å². The fraction of sp³-hybridized carbons (Fsp3) is 0.345. The molecule has 3 rings (SSSR count). The molecule has 1 heterocycles. The van der Waals surface area contributed by atoms with Crippen LogP contribution in [0.2, 0.25) is 5.02 Å². The number of anilines is 1. The molecule has 0 fully saturated rings. The van der Waals surface area contributed by atoms with E-state index in [1.54, 1.807) is 19.1 Å². The number of carbonyl (C=O) groups is 2. The van der Waals surface area contributed by atoms with Gasteiger partial charge in [-0.3, -0.25) is 4.79 Å². The Labute approximate surface area is 228 Å². The summed E-state index contributed by atoms with van der Waals surface area (Å²) in [5.74, 6) is -1.28. The number of aryl methyl sites for hydroxylation is 3. The van der Waals surface area contributed by atoms with Crippen molar-refractivity contribution in [3.05, 3.63) is 85.5 Å². The zero-order valence-electron chi connectivity index (χ0n) is 21.8. The SMILES string of the molecule is CCCC1=C(C(=O)OCC)[C@@H](c2ccccc2Cl)C(C#N)=C(SCC(=O)Nc2c(C)cc(C)cc2C)N1. The number of dihydropyridines is 1. The van der Waals surface area contributed by atoms with Gasteiger partial charge in [0.1, 0.15) is 0 Å². The van der Waals surface area contributed by atoms with Crippen molar-refractivity contribution in [3.8, 4) is 6.07 Å². The van der Waals surface area contributed by atoms with Crippen molar-refractivity contribution in [2.24, 2.45) is 0 Å². The van der Waals surface area contributed by atoms with E-state index >= 15 is 0 Å². The number of amides is 1. The number of halogens is 1. The number of carbonyl (C=O) groups excluding carboxylic acids is 2. The molecule has 6 nitrogen and oxygen atoms in total. The molecule has 0 saturated carbocycles. The first-order valence-corrected chi connectivity index (χ1v) is 13.6. The lowest BCUT2D eigenvalue weighted by Crippen LogP contribution is -2.30. The molecule has 2 N–H and O–H groups in total. The van der Waals surface area contributed by atoms with E-state index < -0.39 is 11.9 Å². The van der Waals surface area contributed by atoms with Gasteiger partial charge in [0.25, 0.3) is 0 Å². The van der Waals surface area contributed by atoms with Crippen LogP contribution < -0.4 is 10.6 Å². The van der Waals surface area contributed by atoms with Gasteiger partial charge in [-0.25, -0.2) is 4.79 Å². The molecule has 0 aromatic heterocycles. The number of thioether (sulfide) groups is 1. The second-order valence-electron chi connectivity index (χ2n) is 8.91. The second kappa shape index (κ2) is 12.8. The summed E-state index contributed by atoms with van der Waals surface area (Å²) >= 11 is 7.80. The lowest BCUT2D eigenvalue weighted by molar-refractivity contribution is -0.138. The standard InChI is InChI=1S/C29H32ClN3O3S/c1-6-10-23-26(29(35)36-7-2)25(20-11-8-9-12-22(20)30)21(15-31)28(32-23)37-16-24(34)33-27-18(4)13-17(3)14-19(27)5/h8-9,11-14,25,32H,6-7,10,16H2,1-5H3,(H,33,34)/t25-/m0/s1. The molecule has 0 bridgehead atoms. The Balaban J connectivity index is 1.98. The molecule has 8 heteroatoms. The van der Waals surface area contributed by atoms with Crippen molar-refractivity contribution in [2.45, 2.75) is 53.4 Å². The van der Waals surface area contributed by atoms with E-state index in [2.05, 4.69) is 16.7 Å². The van der Waals surface area contributed by atoms with Crippen LogP contribution in [0.1, 0.15) is 54.9 Å². The molecule has 0 radical (unpaired) electrons. The van der Waals surface area contributed by atoms with Gasteiger partial charge >= 0.3 is 5.97 Å². The van der Waals surface area contributed by atoms with Crippen molar-refractivity contribution in [2.75, 3.05) is 17.7 Å². The van der Waals surface area contributed by atoms with E-state index in [1.807, 2.05) is 52.0 Å². The fourth-order valence-corrected chi connectivity index (χ4v) is 5.67. The fourth-order valence-electron chi connectivity index (χ4n) is 4.56. The van der Waals surface area contributed by atoms with Gasteiger partial charge < -0.3 is 15.4 Å². The predicted molar refractivity (Wildman–Crippen MR) is 150 cm³/mol. The Morgan fingerprint density at radius 1 is 1.16 bits per heavy atom. The first-order valence-electron chi connectivity index (χ1n) is 12.3. The Kier molecular flexibility index (Phi) is 9.85. The summed E-state index contributed by atoms with van der Waals surface area (Å²) in [5, 5.41) is 17.5. The van der Waals surface area contributed by atoms with Crippen molar-refractivity contribution >= 4 is 40.9 Å². The number of nitriles is 1. The first-order chi connectivity index (χ1) is 17.7. The molecule has 0 spiro atoms. The van der Waals surface area contributed by atoms with Gasteiger partial charge in [-0.15, -0.1) is 0 Å². The highest BCUT2D eigenvalue weighted by Crippen LogP contribution is 2.44. The third-order valence-corrected chi connectivity index (χ3v) is 7.39. The summed E-state index contributed by atoms with van der Waals surface area (Å²) in [6.07, 6.45) is 1.35. The van der Waals surface area contributed by atoms with E-state index in [9.17, 15) is 14.9 Å². The van der Waals surface area contributed by atoms with Gasteiger partial charge in [0.2, 0.25) is 5.91 Å². The normalized spacial score (nSPS) is 15.2. The predicted octanol–water partition coefficient (Wildman–Crippen LogP) is 6.68. The third-order valence-electron chi connectivity index (χ3n) is 6.03. The van der Waals surface area contributed by atoms with Crippen LogP contribution in [-0.2, 0) is 14.3 Å². The summed E-state index contributed by atoms with van der Waals surface area (Å²) in [4.78, 5) is 26.1. The average Bonchev–Trinajstić information content (AvgIpc) is 2.85. The molecule has 37 heavy (non-hydrogen) atoms. The Bertz CT molecular complexity index is 1290. The van der Waals surface area contributed by atoms with Gasteiger partial charge in [0.05, 0.1) is 40.5 Å². The number of esters is 1. The number of benzene rings is 2. The van der Waals surface area contributed by atoms with Crippen LogP contribution in [0.15, 0.2) is 58.3 Å². The topological polar surface area (TPSA) is 91.2 Å². The number of ether oxygens (including phenoxy) is 1. The summed E-state index contributed by atoms with van der Waals surface area (Å²) in [6.45, 7) is 9.92. The van der Waals surface area contributed by atoms with Crippen molar-refractivity contribution in [1.29, 1.82) is 5.26 Å². The monoisotopic (exact) mass is 537 g/mol. The van der Waals surface area contributed by atoms with Crippen molar-refractivity contribution in [1.82, 2.24) is 5.32 Å². The lowest BCUT2D eigenvalue weighted by Gasteiger charge is -2.31. The molecule has 1 aliphatic heterocycles. The molecular weight excluding hydrogens is 506 g/mol. The summed E-state index contributed by atoms with van der Waals surface area (Å²) < 4.78 is 5.39. The zero-order valence-corrected chi connectivity index (χ0v) is 23.4. The maximum Gasteiger partial charge on any atom is 0.336 e. The van der Waals surface area contributed by atoms with Crippen LogP contribution in [0, 0.1) is 32.1 Å². The summed E-state index contributed by atoms with van der Waals surface area (Å²) in [6, 6.07) is 13.5. The summed E-state index contributed by atoms with van der Waals surface area (Å²) in [5.41, 5.74) is 5.96. The maximum atomic E-state index is 13.1. The molecule has 2 aromatic rings. The zero-order chi connectivity index (χ0) is 27.1. The molecule has 0 unspecified atom stereocenters. The van der Waals surface area contributed by atoms with Gasteiger partial charge in [-0.05, 0) is 56.9 Å². The van der Waals surface area contributed by atoms with Crippen LogP contribution in [0.3, 0.4) is 0 Å². The number of rotatable bonds is 9. The Hall–Kier alpha value is -3.21. The van der Waals surface area contributed by atoms with Gasteiger partial charge in [0, 0.05) is 16.4 Å². The third kappa shape index (κ3) is 6.57. The van der Waals surface area contributed by atoms with Gasteiger partial charge in [-0.1, -0.05) is 72.6 Å². The average molecular weight is 538 g/mol. The lowest BCUT2D eigenvalue weighted by atomic mass is 9.81. The van der Waals surface area contributed by atoms with Gasteiger partial charge in [-0.2, -0.15) is 5.26 Å². The number of nitrogens with one attached hydrogen (secondary N) is 2. The quantitative estimate of drug-likeness (QED) is 0.347. The van der Waals surface area contributed by atoms with Crippen LogP contribution in [0.5, 0.6) is 0 Å². The number of allylic oxidation sites excluding steroid dienone is 2. The molecule has 1 aliphatic rings. The highest BCUT2D eigenvalue weighted by Gasteiger charge is 2.37. The van der Waals surface area contributed by atoms with E-state index in [0.717, 1.165) is 28.8 Å². The van der Waals surface area contributed by atoms with Gasteiger partial charge in [0.15, 0.2) is 0 Å². The first kappa shape index (κ1) is 28.4. The minimum Gasteiger partial charge on any atom is -0.463 e.